The molecule has 0 bridgehead atoms. The standard InChI is InChI=1S/C26H33FN6O2/c1-25(2,3)19-8-4-17(5-9-19)14-32-13-11-26(10-12-28,21(27)16-32)33-15-20(22(29)34)23(31-33)30-24(35)18-6-7-18/h4-5,8-9,15,18,21H,6-7,10-11,13-14,16H2,1-3H3,(H2,29,34)(H,30,31,35). The van der Waals surface area contributed by atoms with E-state index < -0.39 is 17.6 Å². The Morgan fingerprint density at radius 1 is 1.29 bits per heavy atom. The van der Waals surface area contributed by atoms with Gasteiger partial charge in [0.05, 0.1) is 12.5 Å². The van der Waals surface area contributed by atoms with Crippen molar-refractivity contribution in [3.05, 3.63) is 47.2 Å². The van der Waals surface area contributed by atoms with Crippen molar-refractivity contribution in [3.63, 3.8) is 0 Å². The second-order valence-corrected chi connectivity index (χ2v) is 10.8. The smallest absolute Gasteiger partial charge is 0.254 e. The molecule has 0 spiro atoms. The zero-order valence-electron chi connectivity index (χ0n) is 20.6. The molecule has 1 saturated heterocycles. The number of carbonyl (C=O) groups excluding carboxylic acids is 2. The lowest BCUT2D eigenvalue weighted by Gasteiger charge is -2.43. The molecule has 1 aromatic heterocycles. The molecule has 1 aliphatic heterocycles. The Kier molecular flexibility index (Phi) is 6.69. The van der Waals surface area contributed by atoms with Gasteiger partial charge in [-0.1, -0.05) is 45.0 Å². The second kappa shape index (κ2) is 9.42. The van der Waals surface area contributed by atoms with Crippen molar-refractivity contribution in [2.24, 2.45) is 11.7 Å². The number of benzene rings is 1. The Morgan fingerprint density at radius 3 is 2.51 bits per heavy atom. The number of anilines is 1. The highest BCUT2D eigenvalue weighted by atomic mass is 19.1. The van der Waals surface area contributed by atoms with Gasteiger partial charge in [-0.25, -0.2) is 4.39 Å². The number of hydrogen-bond donors (Lipinski definition) is 2. The number of likely N-dealkylation sites (tertiary alicyclic amines) is 1. The number of nitriles is 1. The summed E-state index contributed by atoms with van der Waals surface area (Å²) < 4.78 is 17.2. The molecule has 2 atom stereocenters. The lowest BCUT2D eigenvalue weighted by atomic mass is 9.83. The molecule has 186 valence electrons. The van der Waals surface area contributed by atoms with Crippen molar-refractivity contribution in [2.75, 3.05) is 18.4 Å². The highest BCUT2D eigenvalue weighted by molar-refractivity contribution is 6.02. The predicted molar refractivity (Wildman–Crippen MR) is 130 cm³/mol. The van der Waals surface area contributed by atoms with E-state index >= 15 is 4.39 Å². The first kappa shape index (κ1) is 24.9. The third-order valence-corrected chi connectivity index (χ3v) is 7.10. The summed E-state index contributed by atoms with van der Waals surface area (Å²) >= 11 is 0. The maximum Gasteiger partial charge on any atom is 0.254 e. The maximum absolute atomic E-state index is 15.8. The molecule has 0 radical (unpaired) electrons. The minimum Gasteiger partial charge on any atom is -0.365 e. The van der Waals surface area contributed by atoms with Gasteiger partial charge < -0.3 is 11.1 Å². The van der Waals surface area contributed by atoms with Gasteiger partial charge in [0.2, 0.25) is 5.91 Å². The zero-order chi connectivity index (χ0) is 25.4. The molecule has 2 unspecified atom stereocenters. The Balaban J connectivity index is 1.53. The minimum absolute atomic E-state index is 0.0184. The topological polar surface area (TPSA) is 117 Å². The Bertz CT molecular complexity index is 1140. The highest BCUT2D eigenvalue weighted by Crippen LogP contribution is 2.38. The number of nitrogens with two attached hydrogens (primary N) is 1. The van der Waals surface area contributed by atoms with E-state index in [1.54, 1.807) is 0 Å². The average molecular weight is 481 g/mol. The Hall–Kier alpha value is -3.25. The van der Waals surface area contributed by atoms with Crippen LogP contribution >= 0.6 is 0 Å². The van der Waals surface area contributed by atoms with Crippen molar-refractivity contribution < 1.29 is 14.0 Å². The molecular weight excluding hydrogens is 447 g/mol. The number of primary amides is 1. The lowest BCUT2D eigenvalue weighted by molar-refractivity contribution is -0.117. The van der Waals surface area contributed by atoms with Crippen molar-refractivity contribution in [1.82, 2.24) is 14.7 Å². The number of hydrogen-bond acceptors (Lipinski definition) is 5. The summed E-state index contributed by atoms with van der Waals surface area (Å²) in [7, 11) is 0. The largest absolute Gasteiger partial charge is 0.365 e. The minimum atomic E-state index is -1.41. The quantitative estimate of drug-likeness (QED) is 0.629. The molecule has 1 aromatic carbocycles. The van der Waals surface area contributed by atoms with Crippen LogP contribution in [0.4, 0.5) is 10.2 Å². The lowest BCUT2D eigenvalue weighted by Crippen LogP contribution is -2.54. The van der Waals surface area contributed by atoms with Crippen LogP contribution in [0.3, 0.4) is 0 Å². The fourth-order valence-electron chi connectivity index (χ4n) is 4.62. The average Bonchev–Trinajstić information content (AvgIpc) is 3.56. The van der Waals surface area contributed by atoms with Crippen molar-refractivity contribution >= 4 is 17.6 Å². The number of nitrogens with zero attached hydrogens (tertiary/aromatic N) is 4. The summed E-state index contributed by atoms with van der Waals surface area (Å²) in [6, 6.07) is 10.5. The molecular formula is C26H33FN6O2. The van der Waals surface area contributed by atoms with Gasteiger partial charge in [0.25, 0.3) is 5.91 Å². The summed E-state index contributed by atoms with van der Waals surface area (Å²) in [5.74, 6) is -1.05. The summed E-state index contributed by atoms with van der Waals surface area (Å²) in [6.07, 6.45) is 1.76. The van der Waals surface area contributed by atoms with E-state index in [0.717, 1.165) is 18.4 Å². The zero-order valence-corrected chi connectivity index (χ0v) is 20.6. The summed E-state index contributed by atoms with van der Waals surface area (Å²) in [5, 5.41) is 16.6. The molecule has 35 heavy (non-hydrogen) atoms. The first-order valence-electron chi connectivity index (χ1n) is 12.1. The van der Waals surface area contributed by atoms with Crippen LogP contribution in [0, 0.1) is 17.2 Å². The number of nitrogens with one attached hydrogen (secondary N) is 1. The summed E-state index contributed by atoms with van der Waals surface area (Å²) in [6.45, 7) is 7.77. The third-order valence-electron chi connectivity index (χ3n) is 7.10. The second-order valence-electron chi connectivity index (χ2n) is 10.8. The van der Waals surface area contributed by atoms with Crippen LogP contribution in [-0.4, -0.2) is 45.8 Å². The van der Waals surface area contributed by atoms with Gasteiger partial charge in [0.15, 0.2) is 5.82 Å². The van der Waals surface area contributed by atoms with E-state index in [9.17, 15) is 14.9 Å². The third kappa shape index (κ3) is 5.22. The number of carbonyl (C=O) groups is 2. The van der Waals surface area contributed by atoms with Crippen LogP contribution in [0.1, 0.15) is 67.9 Å². The summed E-state index contributed by atoms with van der Waals surface area (Å²) in [5.41, 5.74) is 6.69. The molecule has 2 heterocycles. The molecule has 2 fully saturated rings. The first-order valence-corrected chi connectivity index (χ1v) is 12.1. The van der Waals surface area contributed by atoms with Gasteiger partial charge in [-0.2, -0.15) is 10.4 Å². The molecule has 2 aromatic rings. The first-order chi connectivity index (χ1) is 16.5. The molecule has 1 saturated carbocycles. The van der Waals surface area contributed by atoms with Gasteiger partial charge >= 0.3 is 0 Å². The van der Waals surface area contributed by atoms with Gasteiger partial charge in [-0.15, -0.1) is 0 Å². The number of halogens is 1. The van der Waals surface area contributed by atoms with Crippen LogP contribution < -0.4 is 11.1 Å². The van der Waals surface area contributed by atoms with Crippen LogP contribution in [0.2, 0.25) is 0 Å². The number of piperidine rings is 1. The van der Waals surface area contributed by atoms with E-state index in [0.29, 0.717) is 19.5 Å². The van der Waals surface area contributed by atoms with Crippen molar-refractivity contribution in [1.29, 1.82) is 5.26 Å². The molecule has 3 N–H and O–H groups in total. The SMILES string of the molecule is CC(C)(C)c1ccc(CN2CCC(CC#N)(n3cc(C(N)=O)c(NC(=O)C4CC4)n3)C(F)C2)cc1. The fourth-order valence-corrected chi connectivity index (χ4v) is 4.62. The maximum atomic E-state index is 15.8. The van der Waals surface area contributed by atoms with Gasteiger partial charge in [-0.05, 0) is 35.8 Å². The highest BCUT2D eigenvalue weighted by Gasteiger charge is 2.47. The molecule has 4 rings (SSSR count). The van der Waals surface area contributed by atoms with Crippen LogP contribution in [0.25, 0.3) is 0 Å². The normalized spacial score (nSPS) is 23.0. The van der Waals surface area contributed by atoms with Crippen LogP contribution in [0.15, 0.2) is 30.5 Å². The number of rotatable bonds is 7. The number of alkyl halides is 1. The van der Waals surface area contributed by atoms with E-state index in [-0.39, 0.29) is 41.6 Å². The Morgan fingerprint density at radius 2 is 1.97 bits per heavy atom. The monoisotopic (exact) mass is 480 g/mol. The van der Waals surface area contributed by atoms with E-state index in [2.05, 4.69) is 61.5 Å². The van der Waals surface area contributed by atoms with Crippen LogP contribution in [0.5, 0.6) is 0 Å². The van der Waals surface area contributed by atoms with E-state index in [1.807, 2.05) is 4.90 Å². The Labute approximate surface area is 205 Å². The summed E-state index contributed by atoms with van der Waals surface area (Å²) in [4.78, 5) is 26.3. The molecule has 1 aliphatic carbocycles. The van der Waals surface area contributed by atoms with Gasteiger partial charge in [0, 0.05) is 31.7 Å². The molecule has 8 nitrogen and oxygen atoms in total. The van der Waals surface area contributed by atoms with Crippen molar-refractivity contribution in [2.45, 2.75) is 70.1 Å². The van der Waals surface area contributed by atoms with Gasteiger partial charge in [0.1, 0.15) is 17.3 Å². The predicted octanol–water partition coefficient (Wildman–Crippen LogP) is 3.48. The van der Waals surface area contributed by atoms with Crippen molar-refractivity contribution in [3.8, 4) is 6.07 Å². The molecule has 9 heteroatoms. The van der Waals surface area contributed by atoms with Gasteiger partial charge in [-0.3, -0.25) is 19.2 Å². The number of aromatic nitrogens is 2. The number of amides is 2. The van der Waals surface area contributed by atoms with E-state index in [4.69, 9.17) is 5.73 Å². The fraction of sp³-hybridized carbons (Fsp3) is 0.538. The van der Waals surface area contributed by atoms with E-state index in [1.165, 1.54) is 16.4 Å². The molecule has 2 amide bonds. The van der Waals surface area contributed by atoms with Crippen LogP contribution in [-0.2, 0) is 22.3 Å². The molecule has 2 aliphatic rings.